The van der Waals surface area contributed by atoms with Crippen LogP contribution in [0.1, 0.15) is 36.9 Å². The fraction of sp³-hybridized carbons (Fsp3) is 0.400. The molecule has 174 valence electrons. The lowest BCUT2D eigenvalue weighted by Gasteiger charge is -2.29. The van der Waals surface area contributed by atoms with Crippen molar-refractivity contribution in [1.82, 2.24) is 15.1 Å². The van der Waals surface area contributed by atoms with Gasteiger partial charge in [0.15, 0.2) is 0 Å². The molecule has 1 N–H and O–H groups in total. The average molecular weight is 469 g/mol. The molecule has 2 heterocycles. The molecule has 0 unspecified atom stereocenters. The highest BCUT2D eigenvalue weighted by Crippen LogP contribution is 2.30. The molecule has 8 heteroatoms. The number of aryl methyl sites for hydroxylation is 1. The van der Waals surface area contributed by atoms with E-state index in [1.165, 1.54) is 4.90 Å². The number of benzene rings is 2. The summed E-state index contributed by atoms with van der Waals surface area (Å²) in [6.07, 6.45) is 2.22. The molecule has 7 nitrogen and oxygen atoms in total. The first-order chi connectivity index (χ1) is 15.9. The van der Waals surface area contributed by atoms with Crippen molar-refractivity contribution < 1.29 is 14.4 Å². The fourth-order valence-electron chi connectivity index (χ4n) is 4.56. The second-order valence-electron chi connectivity index (χ2n) is 8.67. The van der Waals surface area contributed by atoms with E-state index in [0.717, 1.165) is 42.0 Å². The van der Waals surface area contributed by atoms with Crippen LogP contribution in [0.4, 0.5) is 10.5 Å². The number of carbonyl (C=O) groups excluding carboxylic acids is 3. The van der Waals surface area contributed by atoms with Crippen LogP contribution in [0.3, 0.4) is 0 Å². The normalized spacial score (nSPS) is 19.9. The Hall–Kier alpha value is -2.90. The zero-order chi connectivity index (χ0) is 23.5. The molecule has 2 aliphatic heterocycles. The number of halogens is 1. The van der Waals surface area contributed by atoms with Crippen LogP contribution in [0.25, 0.3) is 0 Å². The number of likely N-dealkylation sites (tertiary alicyclic amines) is 1. The van der Waals surface area contributed by atoms with Gasteiger partial charge >= 0.3 is 6.03 Å². The second-order valence-corrected chi connectivity index (χ2v) is 9.08. The predicted octanol–water partition coefficient (Wildman–Crippen LogP) is 3.76. The molecule has 2 aliphatic rings. The van der Waals surface area contributed by atoms with Gasteiger partial charge in [0.1, 0.15) is 12.6 Å². The molecule has 0 saturated carbocycles. The Morgan fingerprint density at radius 1 is 1.09 bits per heavy atom. The van der Waals surface area contributed by atoms with Crippen LogP contribution in [0.5, 0.6) is 0 Å². The van der Waals surface area contributed by atoms with Gasteiger partial charge < -0.3 is 5.32 Å². The maximum atomic E-state index is 13.0. The third-order valence-electron chi connectivity index (χ3n) is 6.40. The number of carbonyl (C=O) groups is 3. The number of amides is 4. The third kappa shape index (κ3) is 4.89. The van der Waals surface area contributed by atoms with Crippen molar-refractivity contribution in [2.24, 2.45) is 0 Å². The predicted molar refractivity (Wildman–Crippen MR) is 128 cm³/mol. The second kappa shape index (κ2) is 9.93. The van der Waals surface area contributed by atoms with Crippen LogP contribution in [-0.2, 0) is 9.59 Å². The molecule has 0 spiro atoms. The summed E-state index contributed by atoms with van der Waals surface area (Å²) in [7, 11) is 0. The van der Waals surface area contributed by atoms with Gasteiger partial charge in [-0.15, -0.1) is 0 Å². The minimum absolute atomic E-state index is 0.0573. The highest BCUT2D eigenvalue weighted by molar-refractivity contribution is 6.31. The van der Waals surface area contributed by atoms with Crippen LogP contribution in [-0.4, -0.2) is 59.9 Å². The molecule has 33 heavy (non-hydrogen) atoms. The zero-order valence-corrected chi connectivity index (χ0v) is 19.7. The third-order valence-corrected chi connectivity index (χ3v) is 6.74. The Balaban J connectivity index is 1.43. The number of rotatable bonds is 7. The Bertz CT molecular complexity index is 1040. The summed E-state index contributed by atoms with van der Waals surface area (Å²) in [5.41, 5.74) is 2.67. The van der Waals surface area contributed by atoms with E-state index in [1.807, 2.05) is 55.5 Å². The molecule has 4 rings (SSSR count). The number of imide groups is 1. The maximum Gasteiger partial charge on any atom is 0.332 e. The monoisotopic (exact) mass is 468 g/mol. The van der Waals surface area contributed by atoms with Crippen molar-refractivity contribution in [2.45, 2.75) is 38.8 Å². The van der Waals surface area contributed by atoms with Crippen molar-refractivity contribution in [2.75, 3.05) is 31.1 Å². The highest BCUT2D eigenvalue weighted by atomic mass is 35.5. The minimum Gasteiger partial charge on any atom is -0.353 e. The molecule has 2 saturated heterocycles. The first-order valence-corrected chi connectivity index (χ1v) is 11.7. The van der Waals surface area contributed by atoms with E-state index in [-0.39, 0.29) is 24.4 Å². The van der Waals surface area contributed by atoms with Crippen molar-refractivity contribution in [1.29, 1.82) is 0 Å². The summed E-state index contributed by atoms with van der Waals surface area (Å²) in [6, 6.07) is 13.9. The SMILES string of the molecule is Cc1ccc(N2C(=O)N(CC(=O)NC[C@@H](c3ccccc3Cl)N3CCCC3)C(=O)[C@@H]2C)cc1. The molecular formula is C25H29ClN4O3. The van der Waals surface area contributed by atoms with Crippen LogP contribution < -0.4 is 10.2 Å². The van der Waals surface area contributed by atoms with Crippen molar-refractivity contribution in [3.8, 4) is 0 Å². The lowest BCUT2D eigenvalue weighted by atomic mass is 10.1. The Morgan fingerprint density at radius 3 is 2.42 bits per heavy atom. The lowest BCUT2D eigenvalue weighted by Crippen LogP contribution is -2.44. The topological polar surface area (TPSA) is 73.0 Å². The van der Waals surface area contributed by atoms with Crippen molar-refractivity contribution in [3.63, 3.8) is 0 Å². The lowest BCUT2D eigenvalue weighted by molar-refractivity contribution is -0.132. The number of anilines is 1. The molecular weight excluding hydrogens is 440 g/mol. The van der Waals surface area contributed by atoms with Crippen LogP contribution in [0, 0.1) is 6.92 Å². The van der Waals surface area contributed by atoms with E-state index in [1.54, 1.807) is 6.92 Å². The summed E-state index contributed by atoms with van der Waals surface area (Å²) in [6.45, 7) is 5.57. The summed E-state index contributed by atoms with van der Waals surface area (Å²) in [4.78, 5) is 43.3. The largest absolute Gasteiger partial charge is 0.353 e. The highest BCUT2D eigenvalue weighted by Gasteiger charge is 2.44. The van der Waals surface area contributed by atoms with Crippen molar-refractivity contribution >= 4 is 35.1 Å². The van der Waals surface area contributed by atoms with Gasteiger partial charge in [-0.3, -0.25) is 24.3 Å². The Morgan fingerprint density at radius 2 is 1.76 bits per heavy atom. The quantitative estimate of drug-likeness (QED) is 0.628. The number of nitrogens with zero attached hydrogens (tertiary/aromatic N) is 3. The number of urea groups is 1. The molecule has 0 aliphatic carbocycles. The van der Waals surface area contributed by atoms with E-state index < -0.39 is 12.1 Å². The molecule has 0 aromatic heterocycles. The molecule has 2 atom stereocenters. The van der Waals surface area contributed by atoms with Crippen LogP contribution in [0.2, 0.25) is 5.02 Å². The Kier molecular flexibility index (Phi) is 7.00. The van der Waals surface area contributed by atoms with E-state index >= 15 is 0 Å². The van der Waals surface area contributed by atoms with Gasteiger partial charge in [0.05, 0.1) is 6.04 Å². The van der Waals surface area contributed by atoms with Gasteiger partial charge in [0, 0.05) is 17.3 Å². The minimum atomic E-state index is -0.659. The van der Waals surface area contributed by atoms with Gasteiger partial charge in [-0.05, 0) is 63.5 Å². The maximum absolute atomic E-state index is 13.0. The average Bonchev–Trinajstić information content (AvgIpc) is 3.40. The summed E-state index contributed by atoms with van der Waals surface area (Å²) in [5, 5.41) is 3.59. The van der Waals surface area contributed by atoms with E-state index in [4.69, 9.17) is 11.6 Å². The smallest absolute Gasteiger partial charge is 0.332 e. The first kappa shape index (κ1) is 23.3. The standard InChI is InChI=1S/C25H29ClN4O3/c1-17-9-11-19(12-10-17)30-18(2)24(32)29(25(30)33)16-23(31)27-15-22(28-13-5-6-14-28)20-7-3-4-8-21(20)26/h3-4,7-12,18,22H,5-6,13-16H2,1-2H3,(H,27,31)/t18-,22-/m0/s1. The van der Waals surface area contributed by atoms with Crippen LogP contribution in [0.15, 0.2) is 48.5 Å². The Labute approximate surface area is 199 Å². The van der Waals surface area contributed by atoms with E-state index in [0.29, 0.717) is 17.3 Å². The molecule has 0 radical (unpaired) electrons. The van der Waals surface area contributed by atoms with E-state index in [2.05, 4.69) is 10.2 Å². The molecule has 0 bridgehead atoms. The summed E-state index contributed by atoms with van der Waals surface area (Å²) >= 11 is 6.45. The van der Waals surface area contributed by atoms with E-state index in [9.17, 15) is 14.4 Å². The molecule has 2 aromatic rings. The molecule has 4 amide bonds. The first-order valence-electron chi connectivity index (χ1n) is 11.3. The number of hydrogen-bond donors (Lipinski definition) is 1. The molecule has 2 fully saturated rings. The summed E-state index contributed by atoms with van der Waals surface area (Å²) < 4.78 is 0. The molecule has 2 aromatic carbocycles. The zero-order valence-electron chi connectivity index (χ0n) is 19.0. The van der Waals surface area contributed by atoms with Crippen LogP contribution >= 0.6 is 11.6 Å². The van der Waals surface area contributed by atoms with Gasteiger partial charge in [-0.2, -0.15) is 0 Å². The van der Waals surface area contributed by atoms with Gasteiger partial charge in [0.2, 0.25) is 5.91 Å². The van der Waals surface area contributed by atoms with Gasteiger partial charge in [-0.25, -0.2) is 4.79 Å². The van der Waals surface area contributed by atoms with Gasteiger partial charge in [0.25, 0.3) is 5.91 Å². The van der Waals surface area contributed by atoms with Gasteiger partial charge in [-0.1, -0.05) is 47.5 Å². The van der Waals surface area contributed by atoms with Crippen molar-refractivity contribution in [3.05, 3.63) is 64.7 Å². The fourth-order valence-corrected chi connectivity index (χ4v) is 4.82. The number of nitrogens with one attached hydrogen (secondary N) is 1. The summed E-state index contributed by atoms with van der Waals surface area (Å²) in [5.74, 6) is -0.746. The number of hydrogen-bond acceptors (Lipinski definition) is 4.